The summed E-state index contributed by atoms with van der Waals surface area (Å²) in [5.74, 6) is -0.401. The van der Waals surface area contributed by atoms with Crippen LogP contribution in [0.25, 0.3) is 0 Å². The summed E-state index contributed by atoms with van der Waals surface area (Å²) >= 11 is 0. The number of ether oxygens (including phenoxy) is 1. The Morgan fingerprint density at radius 2 is 1.57 bits per heavy atom. The van der Waals surface area contributed by atoms with E-state index in [1.165, 1.54) is 12.1 Å². The Hall–Kier alpha value is -1.34. The highest BCUT2D eigenvalue weighted by Gasteiger charge is 2.44. The van der Waals surface area contributed by atoms with Crippen molar-refractivity contribution in [2.45, 2.75) is 45.5 Å². The molecule has 1 aromatic carbocycles. The average Bonchev–Trinajstić information content (AvgIpc) is 2.36. The van der Waals surface area contributed by atoms with Gasteiger partial charge in [-0.15, -0.1) is 0 Å². The topological polar surface area (TPSA) is 55.5 Å². The zero-order valence-corrected chi connectivity index (χ0v) is 12.0. The largest absolute Gasteiger partial charge is 0.461 e. The maximum atomic E-state index is 12.7. The van der Waals surface area contributed by atoms with Crippen molar-refractivity contribution in [1.82, 2.24) is 0 Å². The molecule has 21 heavy (non-hydrogen) atoms. The van der Waals surface area contributed by atoms with Gasteiger partial charge in [0.1, 0.15) is 5.75 Å². The van der Waals surface area contributed by atoms with Gasteiger partial charge >= 0.3 is 12.5 Å². The summed E-state index contributed by atoms with van der Waals surface area (Å²) in [7, 11) is 0. The zero-order chi connectivity index (χ0) is 16.4. The molecule has 1 rings (SSSR count). The van der Waals surface area contributed by atoms with Crippen molar-refractivity contribution in [1.29, 1.82) is 0 Å². The van der Waals surface area contributed by atoms with Crippen LogP contribution in [-0.4, -0.2) is 23.7 Å². The molecule has 0 aliphatic heterocycles. The third-order valence-electron chi connectivity index (χ3n) is 3.00. The minimum atomic E-state index is -4.55. The van der Waals surface area contributed by atoms with E-state index >= 15 is 0 Å². The number of rotatable bonds is 5. The van der Waals surface area contributed by atoms with E-state index in [2.05, 4.69) is 4.74 Å². The normalized spacial score (nSPS) is 15.9. The van der Waals surface area contributed by atoms with Gasteiger partial charge in [0.25, 0.3) is 0 Å². The van der Waals surface area contributed by atoms with E-state index in [0.717, 1.165) is 12.1 Å². The highest BCUT2D eigenvalue weighted by molar-refractivity contribution is 5.30. The summed E-state index contributed by atoms with van der Waals surface area (Å²) in [6.45, 7) is 5.41. The molecule has 120 valence electrons. The zero-order valence-electron chi connectivity index (χ0n) is 12.0. The lowest BCUT2D eigenvalue weighted by molar-refractivity contribution is -0.253. The Labute approximate surface area is 120 Å². The highest BCUT2D eigenvalue weighted by atomic mass is 19.3. The Bertz CT molecular complexity index is 457. The molecule has 0 fully saturated rings. The summed E-state index contributed by atoms with van der Waals surface area (Å²) in [5.41, 5.74) is 5.92. The van der Waals surface area contributed by atoms with Crippen LogP contribution < -0.4 is 10.5 Å². The first-order chi connectivity index (χ1) is 9.45. The second-order valence-corrected chi connectivity index (χ2v) is 5.87. The number of benzene rings is 1. The second kappa shape index (κ2) is 6.19. The van der Waals surface area contributed by atoms with Crippen LogP contribution in [0, 0.1) is 5.41 Å². The van der Waals surface area contributed by atoms with Crippen LogP contribution in [0.3, 0.4) is 0 Å². The summed E-state index contributed by atoms with van der Waals surface area (Å²) in [6, 6.07) is 4.21. The number of aliphatic hydroxyl groups excluding tert-OH is 1. The van der Waals surface area contributed by atoms with E-state index in [4.69, 9.17) is 5.73 Å². The van der Waals surface area contributed by atoms with Gasteiger partial charge in [0.15, 0.2) is 0 Å². The first kappa shape index (κ1) is 17.7. The molecule has 0 aromatic heterocycles. The van der Waals surface area contributed by atoms with Crippen molar-refractivity contribution in [3.8, 4) is 5.75 Å². The standard InChI is InChI=1S/C14H19F4NO2/c1-13(2,3)11(20)10(19)8-4-6-9(7-5-8)21-14(17,18)12(15)16/h4-7,10-12,20H,19H2,1-3H3/t10-,11-/m1/s1. The van der Waals surface area contributed by atoms with Crippen LogP contribution in [0.2, 0.25) is 0 Å². The molecule has 0 radical (unpaired) electrons. The molecule has 0 saturated heterocycles. The number of aliphatic hydroxyl groups is 1. The van der Waals surface area contributed by atoms with E-state index in [0.29, 0.717) is 5.56 Å². The molecule has 0 aliphatic rings. The summed E-state index contributed by atoms with van der Waals surface area (Å²) in [4.78, 5) is 0. The molecular formula is C14H19F4NO2. The van der Waals surface area contributed by atoms with Gasteiger partial charge in [-0.1, -0.05) is 32.9 Å². The van der Waals surface area contributed by atoms with Gasteiger partial charge in [0, 0.05) is 0 Å². The summed E-state index contributed by atoms with van der Waals surface area (Å²) < 4.78 is 53.4. The lowest BCUT2D eigenvalue weighted by Gasteiger charge is -2.31. The fourth-order valence-corrected chi connectivity index (χ4v) is 1.68. The van der Waals surface area contributed by atoms with Gasteiger partial charge in [0.2, 0.25) is 0 Å². The van der Waals surface area contributed by atoms with Gasteiger partial charge in [-0.3, -0.25) is 0 Å². The quantitative estimate of drug-likeness (QED) is 0.820. The van der Waals surface area contributed by atoms with Gasteiger partial charge in [-0.25, -0.2) is 0 Å². The molecular weight excluding hydrogens is 290 g/mol. The van der Waals surface area contributed by atoms with Gasteiger partial charge in [0.05, 0.1) is 12.1 Å². The number of hydrogen-bond acceptors (Lipinski definition) is 3. The number of alkyl halides is 4. The molecule has 3 N–H and O–H groups in total. The first-order valence-corrected chi connectivity index (χ1v) is 6.33. The van der Waals surface area contributed by atoms with Gasteiger partial charge < -0.3 is 15.6 Å². The third-order valence-corrected chi connectivity index (χ3v) is 3.00. The SMILES string of the molecule is CC(C)(C)[C@H](O)[C@H](N)c1ccc(OC(F)(F)C(F)F)cc1. The second-order valence-electron chi connectivity index (χ2n) is 5.87. The third kappa shape index (κ3) is 4.57. The molecule has 1 aromatic rings. The van der Waals surface area contributed by atoms with Crippen molar-refractivity contribution in [2.75, 3.05) is 0 Å². The van der Waals surface area contributed by atoms with Crippen molar-refractivity contribution in [2.24, 2.45) is 11.1 Å². The predicted octanol–water partition coefficient (Wildman–Crippen LogP) is 3.33. The average molecular weight is 309 g/mol. The van der Waals surface area contributed by atoms with Crippen LogP contribution in [0.4, 0.5) is 17.6 Å². The molecule has 0 amide bonds. The number of halogens is 4. The Balaban J connectivity index is 2.84. The van der Waals surface area contributed by atoms with E-state index in [1.807, 2.05) is 0 Å². The number of nitrogens with two attached hydrogens (primary N) is 1. The minimum Gasteiger partial charge on any atom is -0.428 e. The van der Waals surface area contributed by atoms with Crippen LogP contribution in [-0.2, 0) is 0 Å². The van der Waals surface area contributed by atoms with Crippen molar-refractivity contribution < 1.29 is 27.4 Å². The Kier molecular flexibility index (Phi) is 5.22. The lowest BCUT2D eigenvalue weighted by atomic mass is 9.82. The fourth-order valence-electron chi connectivity index (χ4n) is 1.68. The van der Waals surface area contributed by atoms with Crippen molar-refractivity contribution in [3.63, 3.8) is 0 Å². The van der Waals surface area contributed by atoms with Crippen LogP contribution in [0.15, 0.2) is 24.3 Å². The fraction of sp³-hybridized carbons (Fsp3) is 0.571. The van der Waals surface area contributed by atoms with Crippen molar-refractivity contribution in [3.05, 3.63) is 29.8 Å². The summed E-state index contributed by atoms with van der Waals surface area (Å²) in [6.07, 6.45) is -9.32. The maximum absolute atomic E-state index is 12.7. The molecule has 0 aliphatic carbocycles. The van der Waals surface area contributed by atoms with Crippen LogP contribution in [0.5, 0.6) is 5.75 Å². The lowest BCUT2D eigenvalue weighted by Crippen LogP contribution is -2.37. The van der Waals surface area contributed by atoms with Crippen molar-refractivity contribution >= 4 is 0 Å². The molecule has 7 heteroatoms. The molecule has 0 saturated carbocycles. The number of hydrogen-bond donors (Lipinski definition) is 2. The molecule has 2 atom stereocenters. The molecule has 0 heterocycles. The molecule has 3 nitrogen and oxygen atoms in total. The van der Waals surface area contributed by atoms with Crippen LogP contribution >= 0.6 is 0 Å². The highest BCUT2D eigenvalue weighted by Crippen LogP contribution is 2.31. The first-order valence-electron chi connectivity index (χ1n) is 6.33. The summed E-state index contributed by atoms with van der Waals surface area (Å²) in [5, 5.41) is 10.1. The van der Waals surface area contributed by atoms with Crippen LogP contribution in [0.1, 0.15) is 32.4 Å². The smallest absolute Gasteiger partial charge is 0.428 e. The maximum Gasteiger partial charge on any atom is 0.461 e. The Morgan fingerprint density at radius 3 is 1.95 bits per heavy atom. The van der Waals surface area contributed by atoms with Gasteiger partial charge in [-0.2, -0.15) is 17.6 Å². The van der Waals surface area contributed by atoms with Gasteiger partial charge in [-0.05, 0) is 23.1 Å². The van der Waals surface area contributed by atoms with E-state index in [9.17, 15) is 22.7 Å². The Morgan fingerprint density at radius 1 is 1.10 bits per heavy atom. The minimum absolute atomic E-state index is 0.401. The van der Waals surface area contributed by atoms with E-state index in [-0.39, 0.29) is 0 Å². The monoisotopic (exact) mass is 309 g/mol. The van der Waals surface area contributed by atoms with E-state index in [1.54, 1.807) is 20.8 Å². The molecule has 0 unspecified atom stereocenters. The predicted molar refractivity (Wildman–Crippen MR) is 70.4 cm³/mol. The molecule has 0 bridgehead atoms. The van der Waals surface area contributed by atoms with E-state index < -0.39 is 35.8 Å². The molecule has 0 spiro atoms.